The van der Waals surface area contributed by atoms with Crippen LogP contribution < -0.4 is 14.8 Å². The number of nitrogens with zero attached hydrogens (tertiary/aromatic N) is 1. The van der Waals surface area contributed by atoms with Gasteiger partial charge in [0.1, 0.15) is 18.1 Å². The Balaban J connectivity index is 1.61. The first-order chi connectivity index (χ1) is 12.2. The van der Waals surface area contributed by atoms with Gasteiger partial charge in [0.05, 0.1) is 0 Å². The van der Waals surface area contributed by atoms with Crippen molar-refractivity contribution in [3.8, 4) is 17.4 Å². The Hall–Kier alpha value is -2.85. The van der Waals surface area contributed by atoms with Crippen LogP contribution in [0.25, 0.3) is 0 Å². The molecule has 0 aliphatic rings. The van der Waals surface area contributed by atoms with Crippen LogP contribution in [0.3, 0.4) is 0 Å². The fourth-order valence-corrected chi connectivity index (χ4v) is 2.38. The van der Waals surface area contributed by atoms with Crippen molar-refractivity contribution in [2.24, 2.45) is 0 Å². The van der Waals surface area contributed by atoms with Crippen molar-refractivity contribution in [2.45, 2.75) is 19.6 Å². The highest BCUT2D eigenvalue weighted by Crippen LogP contribution is 2.24. The van der Waals surface area contributed by atoms with Gasteiger partial charge in [-0.25, -0.2) is 4.98 Å². The minimum Gasteiger partial charge on any atom is -0.489 e. The van der Waals surface area contributed by atoms with Crippen LogP contribution in [0.15, 0.2) is 72.9 Å². The van der Waals surface area contributed by atoms with E-state index in [0.717, 1.165) is 22.6 Å². The Labute approximate surface area is 148 Å². The molecule has 4 nitrogen and oxygen atoms in total. The summed E-state index contributed by atoms with van der Waals surface area (Å²) in [7, 11) is 1.93. The van der Waals surface area contributed by atoms with Crippen LogP contribution in [0.1, 0.15) is 24.1 Å². The van der Waals surface area contributed by atoms with Gasteiger partial charge in [0.25, 0.3) is 0 Å². The lowest BCUT2D eigenvalue weighted by molar-refractivity contribution is 0.305. The molecule has 3 rings (SSSR count). The van der Waals surface area contributed by atoms with Crippen LogP contribution in [-0.4, -0.2) is 12.0 Å². The number of hydrogen-bond acceptors (Lipinski definition) is 4. The lowest BCUT2D eigenvalue weighted by Crippen LogP contribution is -2.12. The first-order valence-electron chi connectivity index (χ1n) is 8.32. The molecule has 0 saturated carbocycles. The smallest absolute Gasteiger partial charge is 0.219 e. The maximum atomic E-state index is 5.84. The number of benzene rings is 2. The Bertz CT molecular complexity index is 789. The van der Waals surface area contributed by atoms with Crippen LogP contribution in [0.5, 0.6) is 17.4 Å². The van der Waals surface area contributed by atoms with Crippen LogP contribution in [0.4, 0.5) is 0 Å². The maximum absolute atomic E-state index is 5.84. The molecule has 0 aliphatic carbocycles. The lowest BCUT2D eigenvalue weighted by atomic mass is 10.1. The topological polar surface area (TPSA) is 43.4 Å². The highest BCUT2D eigenvalue weighted by molar-refractivity contribution is 5.34. The molecule has 0 amide bonds. The zero-order chi connectivity index (χ0) is 17.5. The molecule has 0 saturated heterocycles. The Kier molecular flexibility index (Phi) is 5.65. The first-order valence-corrected chi connectivity index (χ1v) is 8.32. The standard InChI is InChI=1S/C21H22N2O2/c1-16(22-2)18-12-13-23-21(14-18)25-20-10-8-19(9-11-20)24-15-17-6-4-3-5-7-17/h3-14,16,22H,15H2,1-2H3. The number of hydrogen-bond donors (Lipinski definition) is 1. The summed E-state index contributed by atoms with van der Waals surface area (Å²) in [6.45, 7) is 2.64. The summed E-state index contributed by atoms with van der Waals surface area (Å²) in [5.41, 5.74) is 2.28. The number of ether oxygens (including phenoxy) is 2. The maximum Gasteiger partial charge on any atom is 0.219 e. The van der Waals surface area contributed by atoms with Crippen molar-refractivity contribution >= 4 is 0 Å². The number of nitrogens with one attached hydrogen (secondary N) is 1. The normalized spacial score (nSPS) is 11.8. The SMILES string of the molecule is CNC(C)c1ccnc(Oc2ccc(OCc3ccccc3)cc2)c1. The molecule has 0 radical (unpaired) electrons. The Morgan fingerprint density at radius 3 is 2.40 bits per heavy atom. The third-order valence-electron chi connectivity index (χ3n) is 3.99. The largest absolute Gasteiger partial charge is 0.489 e. The van der Waals surface area contributed by atoms with Gasteiger partial charge < -0.3 is 14.8 Å². The summed E-state index contributed by atoms with van der Waals surface area (Å²) in [5, 5.41) is 3.21. The van der Waals surface area contributed by atoms with Gasteiger partial charge in [0, 0.05) is 18.3 Å². The van der Waals surface area contributed by atoms with Gasteiger partial charge in [-0.15, -0.1) is 0 Å². The van der Waals surface area contributed by atoms with E-state index in [0.29, 0.717) is 12.5 Å². The number of pyridine rings is 1. The molecule has 4 heteroatoms. The van der Waals surface area contributed by atoms with E-state index in [9.17, 15) is 0 Å². The Morgan fingerprint density at radius 1 is 0.960 bits per heavy atom. The predicted molar refractivity (Wildman–Crippen MR) is 99.0 cm³/mol. The van der Waals surface area contributed by atoms with E-state index >= 15 is 0 Å². The lowest BCUT2D eigenvalue weighted by Gasteiger charge is -2.12. The van der Waals surface area contributed by atoms with Crippen LogP contribution in [-0.2, 0) is 6.61 Å². The molecule has 1 heterocycles. The van der Waals surface area contributed by atoms with Gasteiger partial charge in [-0.1, -0.05) is 30.3 Å². The highest BCUT2D eigenvalue weighted by atomic mass is 16.5. The summed E-state index contributed by atoms with van der Waals surface area (Å²) in [4.78, 5) is 4.27. The molecule has 0 bridgehead atoms. The average molecular weight is 334 g/mol. The van der Waals surface area contributed by atoms with E-state index in [1.165, 1.54) is 0 Å². The van der Waals surface area contributed by atoms with Gasteiger partial charge in [-0.05, 0) is 55.4 Å². The number of rotatable bonds is 7. The molecule has 0 fully saturated rings. The molecule has 1 unspecified atom stereocenters. The summed E-state index contributed by atoms with van der Waals surface area (Å²) < 4.78 is 11.6. The minimum atomic E-state index is 0.249. The fraction of sp³-hybridized carbons (Fsp3) is 0.190. The molecule has 0 spiro atoms. The van der Waals surface area contributed by atoms with Crippen LogP contribution >= 0.6 is 0 Å². The zero-order valence-electron chi connectivity index (χ0n) is 14.5. The van der Waals surface area contributed by atoms with Crippen LogP contribution in [0, 0.1) is 0 Å². The second-order valence-electron chi connectivity index (χ2n) is 5.79. The van der Waals surface area contributed by atoms with Gasteiger partial charge in [-0.2, -0.15) is 0 Å². The van der Waals surface area contributed by atoms with Crippen molar-refractivity contribution in [3.63, 3.8) is 0 Å². The van der Waals surface area contributed by atoms with Crippen molar-refractivity contribution in [2.75, 3.05) is 7.05 Å². The zero-order valence-corrected chi connectivity index (χ0v) is 14.5. The van der Waals surface area contributed by atoms with E-state index in [1.807, 2.05) is 73.8 Å². The van der Waals surface area contributed by atoms with Crippen LogP contribution in [0.2, 0.25) is 0 Å². The quantitative estimate of drug-likeness (QED) is 0.678. The molecule has 1 atom stereocenters. The van der Waals surface area contributed by atoms with E-state index in [2.05, 4.69) is 17.2 Å². The molecule has 0 aliphatic heterocycles. The van der Waals surface area contributed by atoms with Crippen molar-refractivity contribution in [1.29, 1.82) is 0 Å². The third kappa shape index (κ3) is 4.81. The first kappa shape index (κ1) is 17.0. The third-order valence-corrected chi connectivity index (χ3v) is 3.99. The second kappa shape index (κ2) is 8.31. The molecule has 2 aromatic carbocycles. The Morgan fingerprint density at radius 2 is 1.68 bits per heavy atom. The molecular formula is C21H22N2O2. The molecular weight excluding hydrogens is 312 g/mol. The average Bonchev–Trinajstić information content (AvgIpc) is 2.68. The van der Waals surface area contributed by atoms with E-state index in [-0.39, 0.29) is 6.04 Å². The van der Waals surface area contributed by atoms with Crippen molar-refractivity contribution < 1.29 is 9.47 Å². The molecule has 25 heavy (non-hydrogen) atoms. The summed E-state index contributed by atoms with van der Waals surface area (Å²) in [6, 6.07) is 21.8. The summed E-state index contributed by atoms with van der Waals surface area (Å²) >= 11 is 0. The van der Waals surface area contributed by atoms with E-state index in [1.54, 1.807) is 6.20 Å². The van der Waals surface area contributed by atoms with Gasteiger partial charge in [0.15, 0.2) is 0 Å². The summed E-state index contributed by atoms with van der Waals surface area (Å²) in [6.07, 6.45) is 1.76. The molecule has 1 N–H and O–H groups in total. The summed E-state index contributed by atoms with van der Waals surface area (Å²) in [5.74, 6) is 2.12. The van der Waals surface area contributed by atoms with Gasteiger partial charge in [0.2, 0.25) is 5.88 Å². The monoisotopic (exact) mass is 334 g/mol. The van der Waals surface area contributed by atoms with E-state index < -0.39 is 0 Å². The van der Waals surface area contributed by atoms with E-state index in [4.69, 9.17) is 9.47 Å². The van der Waals surface area contributed by atoms with Gasteiger partial charge in [-0.3, -0.25) is 0 Å². The van der Waals surface area contributed by atoms with Crippen molar-refractivity contribution in [1.82, 2.24) is 10.3 Å². The molecule has 3 aromatic rings. The highest BCUT2D eigenvalue weighted by Gasteiger charge is 2.06. The molecule has 128 valence electrons. The van der Waals surface area contributed by atoms with Crippen molar-refractivity contribution in [3.05, 3.63) is 84.1 Å². The second-order valence-corrected chi connectivity index (χ2v) is 5.79. The minimum absolute atomic E-state index is 0.249. The molecule has 1 aromatic heterocycles. The fourth-order valence-electron chi connectivity index (χ4n) is 2.38. The predicted octanol–water partition coefficient (Wildman–Crippen LogP) is 4.73. The number of aromatic nitrogens is 1. The van der Waals surface area contributed by atoms with Gasteiger partial charge >= 0.3 is 0 Å².